The molecule has 3 rings (SSSR count). The maximum Gasteiger partial charge on any atom is 0.113 e. The lowest BCUT2D eigenvalue weighted by molar-refractivity contribution is 0.825. The first-order valence-electron chi connectivity index (χ1n) is 5.42. The third kappa shape index (κ3) is 1.54. The number of aryl methyl sites for hydroxylation is 1. The van der Waals surface area contributed by atoms with Gasteiger partial charge in [0.1, 0.15) is 5.52 Å². The fraction of sp³-hybridized carbons (Fsp3) is 0.0769. The van der Waals surface area contributed by atoms with E-state index in [1.165, 1.54) is 0 Å². The zero-order valence-electron chi connectivity index (χ0n) is 9.46. The number of benzene rings is 2. The first kappa shape index (κ1) is 9.84. The van der Waals surface area contributed by atoms with Crippen molar-refractivity contribution < 1.29 is 0 Å². The molecular weight excluding hydrogens is 212 g/mol. The summed E-state index contributed by atoms with van der Waals surface area (Å²) in [7, 11) is 0. The third-order valence-corrected chi connectivity index (χ3v) is 2.77. The summed E-state index contributed by atoms with van der Waals surface area (Å²) < 4.78 is 1.78. The van der Waals surface area contributed by atoms with Crippen molar-refractivity contribution in [2.75, 3.05) is 5.73 Å². The highest BCUT2D eigenvalue weighted by Crippen LogP contribution is 2.21. The molecule has 0 atom stereocenters. The lowest BCUT2D eigenvalue weighted by Gasteiger charge is -2.06. The third-order valence-electron chi connectivity index (χ3n) is 2.77. The molecule has 0 bridgehead atoms. The molecule has 4 nitrogen and oxygen atoms in total. The maximum atomic E-state index is 5.98. The number of hydrogen-bond donors (Lipinski definition) is 1. The number of aromatic nitrogens is 3. The van der Waals surface area contributed by atoms with Crippen molar-refractivity contribution >= 4 is 16.7 Å². The summed E-state index contributed by atoms with van der Waals surface area (Å²) in [5, 5.41) is 8.28. The normalized spacial score (nSPS) is 10.9. The molecule has 1 aromatic heterocycles. The maximum absolute atomic E-state index is 5.98. The van der Waals surface area contributed by atoms with Gasteiger partial charge in [0.2, 0.25) is 0 Å². The van der Waals surface area contributed by atoms with E-state index in [0.717, 1.165) is 22.3 Å². The average molecular weight is 224 g/mol. The smallest absolute Gasteiger partial charge is 0.113 e. The largest absolute Gasteiger partial charge is 0.397 e. The van der Waals surface area contributed by atoms with Gasteiger partial charge >= 0.3 is 0 Å². The van der Waals surface area contributed by atoms with Gasteiger partial charge in [-0.25, -0.2) is 4.68 Å². The Hall–Kier alpha value is -2.36. The Kier molecular flexibility index (Phi) is 2.08. The van der Waals surface area contributed by atoms with Crippen LogP contribution in [0.15, 0.2) is 42.5 Å². The van der Waals surface area contributed by atoms with Crippen molar-refractivity contribution in [3.63, 3.8) is 0 Å². The SMILES string of the molecule is Cc1ccc(N)c(-n2nnc3ccccc32)c1. The lowest BCUT2D eigenvalue weighted by Crippen LogP contribution is -2.01. The molecule has 0 saturated heterocycles. The van der Waals surface area contributed by atoms with Gasteiger partial charge in [-0.15, -0.1) is 5.10 Å². The molecule has 0 saturated carbocycles. The van der Waals surface area contributed by atoms with Gasteiger partial charge in [-0.2, -0.15) is 0 Å². The van der Waals surface area contributed by atoms with E-state index >= 15 is 0 Å². The number of fused-ring (bicyclic) bond motifs is 1. The molecular formula is C13H12N4. The predicted molar refractivity (Wildman–Crippen MR) is 68.0 cm³/mol. The minimum Gasteiger partial charge on any atom is -0.397 e. The van der Waals surface area contributed by atoms with Crippen molar-refractivity contribution in [1.29, 1.82) is 0 Å². The number of hydrogen-bond acceptors (Lipinski definition) is 3. The van der Waals surface area contributed by atoms with E-state index in [2.05, 4.69) is 10.3 Å². The van der Waals surface area contributed by atoms with Crippen LogP contribution in [0.1, 0.15) is 5.56 Å². The van der Waals surface area contributed by atoms with Gasteiger partial charge in [-0.1, -0.05) is 23.4 Å². The standard InChI is InChI=1S/C13H12N4/c1-9-6-7-10(14)13(8-9)17-12-5-3-2-4-11(12)15-16-17/h2-8H,14H2,1H3. The van der Waals surface area contributed by atoms with E-state index in [4.69, 9.17) is 5.73 Å². The van der Waals surface area contributed by atoms with Gasteiger partial charge in [-0.3, -0.25) is 0 Å². The molecule has 0 aliphatic heterocycles. The van der Waals surface area contributed by atoms with Gasteiger partial charge in [0.25, 0.3) is 0 Å². The van der Waals surface area contributed by atoms with Crippen LogP contribution in [-0.4, -0.2) is 15.0 Å². The zero-order chi connectivity index (χ0) is 11.8. The highest BCUT2D eigenvalue weighted by Gasteiger charge is 2.08. The van der Waals surface area contributed by atoms with Gasteiger partial charge in [0.05, 0.1) is 16.9 Å². The first-order valence-corrected chi connectivity index (χ1v) is 5.42. The number of anilines is 1. The molecule has 4 heteroatoms. The van der Waals surface area contributed by atoms with E-state index in [1.54, 1.807) is 4.68 Å². The van der Waals surface area contributed by atoms with Crippen LogP contribution in [-0.2, 0) is 0 Å². The minimum absolute atomic E-state index is 0.700. The molecule has 0 fully saturated rings. The molecule has 2 N–H and O–H groups in total. The van der Waals surface area contributed by atoms with E-state index < -0.39 is 0 Å². The van der Waals surface area contributed by atoms with E-state index in [0.29, 0.717) is 5.69 Å². The quantitative estimate of drug-likeness (QED) is 0.645. The van der Waals surface area contributed by atoms with Crippen LogP contribution in [0.25, 0.3) is 16.7 Å². The van der Waals surface area contributed by atoms with Gasteiger partial charge < -0.3 is 5.73 Å². The number of nitrogens with zero attached hydrogens (tertiary/aromatic N) is 3. The van der Waals surface area contributed by atoms with Crippen LogP contribution in [0, 0.1) is 6.92 Å². The average Bonchev–Trinajstić information content (AvgIpc) is 2.76. The summed E-state index contributed by atoms with van der Waals surface area (Å²) in [5.74, 6) is 0. The molecule has 0 amide bonds. The Morgan fingerprint density at radius 2 is 1.94 bits per heavy atom. The molecule has 2 aromatic carbocycles. The molecule has 0 radical (unpaired) electrons. The van der Waals surface area contributed by atoms with Crippen LogP contribution in [0.5, 0.6) is 0 Å². The van der Waals surface area contributed by atoms with Crippen molar-refractivity contribution in [2.24, 2.45) is 0 Å². The number of para-hydroxylation sites is 1. The summed E-state index contributed by atoms with van der Waals surface area (Å²) in [4.78, 5) is 0. The minimum atomic E-state index is 0.700. The Labute approximate surface area is 98.7 Å². The summed E-state index contributed by atoms with van der Waals surface area (Å²) in [6.07, 6.45) is 0. The molecule has 0 unspecified atom stereocenters. The topological polar surface area (TPSA) is 56.7 Å². The molecule has 84 valence electrons. The molecule has 3 aromatic rings. The second-order valence-corrected chi connectivity index (χ2v) is 4.05. The van der Waals surface area contributed by atoms with Crippen molar-refractivity contribution in [1.82, 2.24) is 15.0 Å². The molecule has 17 heavy (non-hydrogen) atoms. The zero-order valence-corrected chi connectivity index (χ0v) is 9.46. The van der Waals surface area contributed by atoms with Gasteiger partial charge in [0.15, 0.2) is 0 Å². The Bertz CT molecular complexity index is 685. The Morgan fingerprint density at radius 1 is 1.12 bits per heavy atom. The second kappa shape index (κ2) is 3.59. The van der Waals surface area contributed by atoms with Crippen LogP contribution >= 0.6 is 0 Å². The molecule has 0 spiro atoms. The first-order chi connectivity index (χ1) is 8.25. The summed E-state index contributed by atoms with van der Waals surface area (Å²) >= 11 is 0. The van der Waals surface area contributed by atoms with Crippen LogP contribution in [0.2, 0.25) is 0 Å². The van der Waals surface area contributed by atoms with Crippen molar-refractivity contribution in [2.45, 2.75) is 6.92 Å². The summed E-state index contributed by atoms with van der Waals surface area (Å²) in [5.41, 5.74) is 10.5. The second-order valence-electron chi connectivity index (χ2n) is 4.05. The van der Waals surface area contributed by atoms with Crippen LogP contribution < -0.4 is 5.73 Å². The Balaban J connectivity index is 2.31. The summed E-state index contributed by atoms with van der Waals surface area (Å²) in [6.45, 7) is 2.03. The molecule has 1 heterocycles. The van der Waals surface area contributed by atoms with E-state index in [1.807, 2.05) is 49.4 Å². The fourth-order valence-electron chi connectivity index (χ4n) is 1.88. The van der Waals surface area contributed by atoms with Gasteiger partial charge in [-0.05, 0) is 36.8 Å². The number of nitrogen functional groups attached to an aromatic ring is 1. The van der Waals surface area contributed by atoms with Crippen LogP contribution in [0.4, 0.5) is 5.69 Å². The van der Waals surface area contributed by atoms with Crippen LogP contribution in [0.3, 0.4) is 0 Å². The van der Waals surface area contributed by atoms with Crippen molar-refractivity contribution in [3.8, 4) is 5.69 Å². The highest BCUT2D eigenvalue weighted by molar-refractivity contribution is 5.77. The number of rotatable bonds is 1. The predicted octanol–water partition coefficient (Wildman–Crippen LogP) is 2.31. The number of nitrogens with two attached hydrogens (primary N) is 1. The van der Waals surface area contributed by atoms with E-state index in [9.17, 15) is 0 Å². The monoisotopic (exact) mass is 224 g/mol. The molecule has 0 aliphatic rings. The Morgan fingerprint density at radius 3 is 2.82 bits per heavy atom. The van der Waals surface area contributed by atoms with E-state index in [-0.39, 0.29) is 0 Å². The molecule has 0 aliphatic carbocycles. The lowest BCUT2D eigenvalue weighted by atomic mass is 10.2. The summed E-state index contributed by atoms with van der Waals surface area (Å²) in [6, 6.07) is 13.7. The van der Waals surface area contributed by atoms with Crippen molar-refractivity contribution in [3.05, 3.63) is 48.0 Å². The fourth-order valence-corrected chi connectivity index (χ4v) is 1.88. The highest BCUT2D eigenvalue weighted by atomic mass is 15.4. The van der Waals surface area contributed by atoms with Gasteiger partial charge in [0, 0.05) is 0 Å².